The number of hydrogen-bond donors (Lipinski definition) is 2. The van der Waals surface area contributed by atoms with Gasteiger partial charge in [0.15, 0.2) is 0 Å². The molecule has 7 nitrogen and oxygen atoms in total. The summed E-state index contributed by atoms with van der Waals surface area (Å²) < 4.78 is 25.3. The molecule has 3 rings (SSSR count). The monoisotopic (exact) mass is 631 g/mol. The summed E-state index contributed by atoms with van der Waals surface area (Å²) in [6.07, 6.45) is -0.358. The molecule has 0 saturated heterocycles. The van der Waals surface area contributed by atoms with Gasteiger partial charge >= 0.3 is 0 Å². The molecule has 0 amide bonds. The van der Waals surface area contributed by atoms with E-state index < -0.39 is 32.5 Å². The van der Waals surface area contributed by atoms with E-state index in [2.05, 4.69) is 66.0 Å². The number of rotatable bonds is 13. The molecule has 40 heavy (non-hydrogen) atoms. The number of pyridine rings is 1. The van der Waals surface area contributed by atoms with Gasteiger partial charge in [-0.3, -0.25) is 4.98 Å². The number of hydrogen-bond acceptors (Lipinski definition) is 7. The number of ether oxygens (including phenoxy) is 3. The minimum atomic E-state index is -2.98. The number of aromatic nitrogens is 1. The minimum Gasteiger partial charge on any atom is -0.494 e. The fourth-order valence-electron chi connectivity index (χ4n) is 5.32. The fraction of sp³-hybridized carbons (Fsp3) is 0.452. The molecule has 2 aromatic carbocycles. The molecule has 3 atom stereocenters. The Hall–Kier alpha value is -2.11. The molecule has 0 saturated carbocycles. The lowest BCUT2D eigenvalue weighted by Crippen LogP contribution is -2.67. The Morgan fingerprint density at radius 2 is 1.50 bits per heavy atom. The van der Waals surface area contributed by atoms with E-state index >= 15 is 0 Å². The van der Waals surface area contributed by atoms with E-state index in [0.717, 1.165) is 20.4 Å². The maximum atomic E-state index is 11.4. The Balaban J connectivity index is 2.23. The molecule has 0 aliphatic heterocycles. The van der Waals surface area contributed by atoms with Crippen LogP contribution in [-0.2, 0) is 13.9 Å². The van der Waals surface area contributed by atoms with Gasteiger partial charge < -0.3 is 28.8 Å². The maximum absolute atomic E-state index is 11.4. The van der Waals surface area contributed by atoms with Crippen LogP contribution in [0, 0.1) is 12.3 Å². The van der Waals surface area contributed by atoms with Crippen LogP contribution in [-0.4, -0.2) is 63.8 Å². The molecule has 1 heterocycles. The average Bonchev–Trinajstić information content (AvgIpc) is 2.95. The van der Waals surface area contributed by atoms with E-state index in [4.69, 9.17) is 18.6 Å². The van der Waals surface area contributed by atoms with Crippen molar-refractivity contribution in [2.45, 2.75) is 51.9 Å². The Kier molecular flexibility index (Phi) is 11.1. The summed E-state index contributed by atoms with van der Waals surface area (Å²) in [7, 11) is 0.134. The second-order valence-corrected chi connectivity index (χ2v) is 16.4. The first-order valence-electron chi connectivity index (χ1n) is 13.3. The summed E-state index contributed by atoms with van der Waals surface area (Å²) in [5.41, 5.74) is 0.175. The lowest BCUT2D eigenvalue weighted by Gasteiger charge is -2.47. The highest BCUT2D eigenvalue weighted by atomic mass is 79.9. The Morgan fingerprint density at radius 3 is 1.95 bits per heavy atom. The van der Waals surface area contributed by atoms with Gasteiger partial charge in [0.2, 0.25) is 0 Å². The molecular formula is C31H42BrNO6Si. The van der Waals surface area contributed by atoms with Crippen LogP contribution >= 0.6 is 15.9 Å². The van der Waals surface area contributed by atoms with Crippen LogP contribution in [0.4, 0.5) is 0 Å². The van der Waals surface area contributed by atoms with Crippen molar-refractivity contribution in [3.8, 4) is 5.75 Å². The topological polar surface area (TPSA) is 90.3 Å². The number of halogens is 1. The zero-order chi connectivity index (χ0) is 29.6. The van der Waals surface area contributed by atoms with Crippen molar-refractivity contribution < 1.29 is 28.8 Å². The molecule has 0 aliphatic carbocycles. The van der Waals surface area contributed by atoms with Gasteiger partial charge in [0.1, 0.15) is 24.3 Å². The summed E-state index contributed by atoms with van der Waals surface area (Å²) >= 11 is 3.53. The van der Waals surface area contributed by atoms with Gasteiger partial charge in [-0.25, -0.2) is 0 Å². The van der Waals surface area contributed by atoms with Crippen molar-refractivity contribution in [1.82, 2.24) is 4.98 Å². The summed E-state index contributed by atoms with van der Waals surface area (Å²) in [6, 6.07) is 20.6. The van der Waals surface area contributed by atoms with Gasteiger partial charge in [0.05, 0.1) is 25.2 Å². The van der Waals surface area contributed by atoms with Gasteiger partial charge in [-0.15, -0.1) is 0 Å². The van der Waals surface area contributed by atoms with E-state index in [1.165, 1.54) is 7.11 Å². The number of benzene rings is 2. The van der Waals surface area contributed by atoms with Gasteiger partial charge in [-0.2, -0.15) is 0 Å². The zero-order valence-corrected chi connectivity index (χ0v) is 27.1. The largest absolute Gasteiger partial charge is 0.494 e. The van der Waals surface area contributed by atoms with Crippen molar-refractivity contribution in [2.24, 2.45) is 5.41 Å². The Bertz CT molecular complexity index is 1180. The third-order valence-electron chi connectivity index (χ3n) is 7.60. The summed E-state index contributed by atoms with van der Waals surface area (Å²) in [5.74, 6) is 0.525. The molecular weight excluding hydrogens is 590 g/mol. The number of aliphatic hydroxyl groups is 2. The lowest BCUT2D eigenvalue weighted by atomic mass is 9.77. The quantitative estimate of drug-likeness (QED) is 0.208. The second kappa shape index (κ2) is 13.7. The summed E-state index contributed by atoms with van der Waals surface area (Å²) in [5, 5.41) is 23.7. The van der Waals surface area contributed by atoms with Crippen LogP contribution in [0.3, 0.4) is 0 Å². The molecule has 2 N–H and O–H groups in total. The van der Waals surface area contributed by atoms with Crippen LogP contribution in [0.25, 0.3) is 0 Å². The van der Waals surface area contributed by atoms with E-state index in [-0.39, 0.29) is 18.4 Å². The van der Waals surface area contributed by atoms with Crippen LogP contribution in [0.15, 0.2) is 71.3 Å². The highest BCUT2D eigenvalue weighted by Gasteiger charge is 2.53. The predicted octanol–water partition coefficient (Wildman–Crippen LogP) is 4.76. The molecule has 218 valence electrons. The van der Waals surface area contributed by atoms with Crippen molar-refractivity contribution in [3.05, 3.63) is 82.6 Å². The first kappa shape index (κ1) is 32.4. The first-order chi connectivity index (χ1) is 19.0. The molecule has 0 aliphatic rings. The molecule has 1 aromatic heterocycles. The molecule has 0 bridgehead atoms. The number of aliphatic hydroxyl groups excluding tert-OH is 2. The molecule has 3 unspecified atom stereocenters. The predicted molar refractivity (Wildman–Crippen MR) is 164 cm³/mol. The highest BCUT2D eigenvalue weighted by molar-refractivity contribution is 9.10. The Labute approximate surface area is 247 Å². The highest BCUT2D eigenvalue weighted by Crippen LogP contribution is 2.46. The SMILES string of the molecule is COCOC(c1ncc(Br)c(C)c1OC)C(C)(CO[Si](c1ccccc1)(c1ccccc1)C(C)(C)C)C(O)CO. The fourth-order valence-corrected chi connectivity index (χ4v) is 10.3. The summed E-state index contributed by atoms with van der Waals surface area (Å²) in [6.45, 7) is 9.87. The van der Waals surface area contributed by atoms with Crippen LogP contribution < -0.4 is 15.1 Å². The molecule has 3 aromatic rings. The number of nitrogens with zero attached hydrogens (tertiary/aromatic N) is 1. The van der Waals surface area contributed by atoms with Crippen LogP contribution in [0.2, 0.25) is 5.04 Å². The van der Waals surface area contributed by atoms with Gasteiger partial charge in [-0.05, 0) is 38.3 Å². The van der Waals surface area contributed by atoms with Crippen LogP contribution in [0.5, 0.6) is 5.75 Å². The van der Waals surface area contributed by atoms with Gasteiger partial charge in [-0.1, -0.05) is 88.4 Å². The molecule has 0 radical (unpaired) electrons. The van der Waals surface area contributed by atoms with Crippen molar-refractivity contribution in [2.75, 3.05) is 34.2 Å². The molecule has 9 heteroatoms. The van der Waals surface area contributed by atoms with Crippen LogP contribution in [0.1, 0.15) is 45.1 Å². The Morgan fingerprint density at radius 1 is 0.950 bits per heavy atom. The minimum absolute atomic E-state index is 0.0580. The van der Waals surface area contributed by atoms with E-state index in [1.807, 2.05) is 50.2 Å². The van der Waals surface area contributed by atoms with Crippen molar-refractivity contribution >= 4 is 34.6 Å². The van der Waals surface area contributed by atoms with E-state index in [1.54, 1.807) is 13.3 Å². The average molecular weight is 633 g/mol. The van der Waals surface area contributed by atoms with Gasteiger partial charge in [0.25, 0.3) is 8.32 Å². The van der Waals surface area contributed by atoms with E-state index in [9.17, 15) is 10.2 Å². The second-order valence-electron chi connectivity index (χ2n) is 11.3. The van der Waals surface area contributed by atoms with Crippen molar-refractivity contribution in [1.29, 1.82) is 0 Å². The van der Waals surface area contributed by atoms with Gasteiger partial charge in [0, 0.05) is 29.9 Å². The zero-order valence-electron chi connectivity index (χ0n) is 24.5. The molecule has 0 fully saturated rings. The third kappa shape index (κ3) is 6.36. The number of methoxy groups -OCH3 is 2. The van der Waals surface area contributed by atoms with E-state index in [0.29, 0.717) is 11.4 Å². The van der Waals surface area contributed by atoms with Crippen molar-refractivity contribution in [3.63, 3.8) is 0 Å². The molecule has 0 spiro atoms. The first-order valence-corrected chi connectivity index (χ1v) is 16.0. The standard InChI is InChI=1S/C31H42BrNO6Si/c1-22-25(32)18-33-27(28(22)37-7)29(38-21-36-6)31(5,26(35)19-34)20-39-40(30(2,3)4,23-14-10-8-11-15-23)24-16-12-9-13-17-24/h8-18,26,29,34-35H,19-21H2,1-7H3. The lowest BCUT2D eigenvalue weighted by molar-refractivity contribution is -0.167. The third-order valence-corrected chi connectivity index (χ3v) is 13.4. The smallest absolute Gasteiger partial charge is 0.261 e. The maximum Gasteiger partial charge on any atom is 0.261 e. The normalized spacial score (nSPS) is 15.3. The summed E-state index contributed by atoms with van der Waals surface area (Å²) in [4.78, 5) is 4.67.